The van der Waals surface area contributed by atoms with Crippen LogP contribution in [0.4, 0.5) is 0 Å². The Balaban J connectivity index is 1.94. The number of rotatable bonds is 3. The van der Waals surface area contributed by atoms with Crippen molar-refractivity contribution < 1.29 is 15.0 Å². The van der Waals surface area contributed by atoms with Gasteiger partial charge in [0.05, 0.1) is 18.4 Å². The van der Waals surface area contributed by atoms with Gasteiger partial charge in [-0.15, -0.1) is 0 Å². The fraction of sp³-hybridized carbons (Fsp3) is 0.538. The van der Waals surface area contributed by atoms with Crippen LogP contribution in [-0.2, 0) is 4.79 Å². The molecule has 124 valence electrons. The molecule has 10 heteroatoms. The third-order valence-corrected chi connectivity index (χ3v) is 4.46. The average Bonchev–Trinajstić information content (AvgIpc) is 3.03. The van der Waals surface area contributed by atoms with Crippen molar-refractivity contribution in [1.82, 2.24) is 24.8 Å². The largest absolute Gasteiger partial charge is 0.388 e. The third kappa shape index (κ3) is 2.87. The SMILES string of the molecule is CCC(=O)NC1CC(n2cnc3c(Cl)nc(Cl)nc32)C(O)C1O. The monoisotopic (exact) mass is 359 g/mol. The summed E-state index contributed by atoms with van der Waals surface area (Å²) in [6.07, 6.45) is -0.0655. The number of aliphatic hydroxyl groups excluding tert-OH is 2. The molecular weight excluding hydrogens is 345 g/mol. The molecule has 0 radical (unpaired) electrons. The zero-order valence-electron chi connectivity index (χ0n) is 12.1. The lowest BCUT2D eigenvalue weighted by atomic mass is 10.2. The number of hydrogen-bond acceptors (Lipinski definition) is 6. The Hall–Kier alpha value is -1.48. The number of amides is 1. The van der Waals surface area contributed by atoms with E-state index in [1.54, 1.807) is 11.5 Å². The fourth-order valence-corrected chi connectivity index (χ4v) is 3.26. The summed E-state index contributed by atoms with van der Waals surface area (Å²) in [7, 11) is 0. The molecular formula is C13H15Cl2N5O3. The number of nitrogens with zero attached hydrogens (tertiary/aromatic N) is 4. The minimum Gasteiger partial charge on any atom is -0.388 e. The van der Waals surface area contributed by atoms with E-state index in [-0.39, 0.29) is 16.3 Å². The maximum absolute atomic E-state index is 11.5. The van der Waals surface area contributed by atoms with E-state index in [9.17, 15) is 15.0 Å². The Morgan fingerprint density at radius 2 is 2.13 bits per heavy atom. The lowest BCUT2D eigenvalue weighted by Gasteiger charge is -2.18. The van der Waals surface area contributed by atoms with E-state index in [4.69, 9.17) is 23.2 Å². The van der Waals surface area contributed by atoms with Crippen molar-refractivity contribution in [2.24, 2.45) is 0 Å². The van der Waals surface area contributed by atoms with Crippen LogP contribution >= 0.6 is 23.2 Å². The van der Waals surface area contributed by atoms with E-state index >= 15 is 0 Å². The van der Waals surface area contributed by atoms with Crippen LogP contribution in [0, 0.1) is 0 Å². The van der Waals surface area contributed by atoms with Gasteiger partial charge in [0.25, 0.3) is 0 Å². The van der Waals surface area contributed by atoms with Gasteiger partial charge in [-0.3, -0.25) is 4.79 Å². The molecule has 23 heavy (non-hydrogen) atoms. The Bertz CT molecular complexity index is 753. The van der Waals surface area contributed by atoms with E-state index < -0.39 is 24.3 Å². The van der Waals surface area contributed by atoms with Crippen LogP contribution in [0.2, 0.25) is 10.4 Å². The molecule has 0 aromatic carbocycles. The van der Waals surface area contributed by atoms with E-state index in [0.29, 0.717) is 24.0 Å². The lowest BCUT2D eigenvalue weighted by molar-refractivity contribution is -0.122. The Kier molecular flexibility index (Phi) is 4.41. The molecule has 8 nitrogen and oxygen atoms in total. The second kappa shape index (κ2) is 6.20. The van der Waals surface area contributed by atoms with Gasteiger partial charge in [-0.05, 0) is 18.0 Å². The molecule has 3 N–H and O–H groups in total. The van der Waals surface area contributed by atoms with Gasteiger partial charge in [0.15, 0.2) is 10.8 Å². The molecule has 1 saturated carbocycles. The zero-order chi connectivity index (χ0) is 16.7. The van der Waals surface area contributed by atoms with Crippen LogP contribution in [0.1, 0.15) is 25.8 Å². The Labute approximate surface area is 141 Å². The molecule has 0 bridgehead atoms. The average molecular weight is 360 g/mol. The minimum absolute atomic E-state index is 0.0341. The topological polar surface area (TPSA) is 113 Å². The summed E-state index contributed by atoms with van der Waals surface area (Å²) in [5.41, 5.74) is 0.729. The van der Waals surface area contributed by atoms with Crippen molar-refractivity contribution in [3.05, 3.63) is 16.8 Å². The van der Waals surface area contributed by atoms with Gasteiger partial charge in [-0.2, -0.15) is 4.98 Å². The predicted octanol–water partition coefficient (Wildman–Crippen LogP) is 0.694. The third-order valence-electron chi connectivity index (χ3n) is 4.03. The molecule has 4 unspecified atom stereocenters. The molecule has 2 aromatic rings. The molecule has 4 atom stereocenters. The van der Waals surface area contributed by atoms with E-state index in [1.165, 1.54) is 6.33 Å². The molecule has 2 heterocycles. The van der Waals surface area contributed by atoms with Crippen LogP contribution < -0.4 is 5.32 Å². The number of aromatic nitrogens is 4. The van der Waals surface area contributed by atoms with Crippen molar-refractivity contribution in [2.75, 3.05) is 0 Å². The predicted molar refractivity (Wildman–Crippen MR) is 83.2 cm³/mol. The standard InChI is InChI=1S/C13H15Cl2N5O3/c1-2-7(21)17-5-3-6(10(23)9(5)22)20-4-16-8-11(14)18-13(15)19-12(8)20/h4-6,9-10,22-23H,2-3H2,1H3,(H,17,21). The normalized spacial score (nSPS) is 27.5. The quantitative estimate of drug-likeness (QED) is 0.549. The van der Waals surface area contributed by atoms with Crippen molar-refractivity contribution in [2.45, 2.75) is 44.1 Å². The lowest BCUT2D eigenvalue weighted by Crippen LogP contribution is -2.42. The second-order valence-electron chi connectivity index (χ2n) is 5.42. The highest BCUT2D eigenvalue weighted by atomic mass is 35.5. The molecule has 1 aliphatic carbocycles. The van der Waals surface area contributed by atoms with Gasteiger partial charge in [0.2, 0.25) is 11.2 Å². The number of carbonyl (C=O) groups is 1. The number of imidazole rings is 1. The maximum Gasteiger partial charge on any atom is 0.225 e. The Morgan fingerprint density at radius 1 is 1.39 bits per heavy atom. The highest BCUT2D eigenvalue weighted by Gasteiger charge is 2.43. The van der Waals surface area contributed by atoms with Crippen LogP contribution in [0.5, 0.6) is 0 Å². The Morgan fingerprint density at radius 3 is 2.83 bits per heavy atom. The summed E-state index contributed by atoms with van der Waals surface area (Å²) in [6.45, 7) is 1.72. The molecule has 1 amide bonds. The van der Waals surface area contributed by atoms with Crippen LogP contribution in [0.25, 0.3) is 11.2 Å². The smallest absolute Gasteiger partial charge is 0.225 e. The maximum atomic E-state index is 11.5. The molecule has 0 aliphatic heterocycles. The van der Waals surface area contributed by atoms with Crippen LogP contribution in [0.15, 0.2) is 6.33 Å². The summed E-state index contributed by atoms with van der Waals surface area (Å²) in [6, 6.07) is -1.06. The first-order chi connectivity index (χ1) is 10.9. The van der Waals surface area contributed by atoms with Gasteiger partial charge >= 0.3 is 0 Å². The van der Waals surface area contributed by atoms with Crippen molar-refractivity contribution in [1.29, 1.82) is 0 Å². The minimum atomic E-state index is -1.08. The van der Waals surface area contributed by atoms with Crippen molar-refractivity contribution in [3.8, 4) is 0 Å². The highest BCUT2D eigenvalue weighted by molar-refractivity contribution is 6.35. The van der Waals surface area contributed by atoms with Crippen molar-refractivity contribution in [3.63, 3.8) is 0 Å². The summed E-state index contributed by atoms with van der Waals surface area (Å²) >= 11 is 11.8. The van der Waals surface area contributed by atoms with Gasteiger partial charge in [0.1, 0.15) is 17.7 Å². The number of nitrogens with one attached hydrogen (secondary N) is 1. The van der Waals surface area contributed by atoms with Gasteiger partial charge in [-0.1, -0.05) is 18.5 Å². The van der Waals surface area contributed by atoms with Crippen LogP contribution in [0.3, 0.4) is 0 Å². The summed E-state index contributed by atoms with van der Waals surface area (Å²) in [5, 5.41) is 23.3. The van der Waals surface area contributed by atoms with E-state index in [2.05, 4.69) is 20.3 Å². The number of fused-ring (bicyclic) bond motifs is 1. The summed E-state index contributed by atoms with van der Waals surface area (Å²) in [4.78, 5) is 23.6. The number of carbonyl (C=O) groups excluding carboxylic acids is 1. The van der Waals surface area contributed by atoms with Gasteiger partial charge < -0.3 is 20.1 Å². The zero-order valence-corrected chi connectivity index (χ0v) is 13.7. The van der Waals surface area contributed by atoms with E-state index in [1.807, 2.05) is 0 Å². The second-order valence-corrected chi connectivity index (χ2v) is 6.12. The first-order valence-electron chi connectivity index (χ1n) is 7.13. The molecule has 3 rings (SSSR count). The van der Waals surface area contributed by atoms with Gasteiger partial charge in [0, 0.05) is 6.42 Å². The number of hydrogen-bond donors (Lipinski definition) is 3. The summed E-state index contributed by atoms with van der Waals surface area (Å²) < 4.78 is 1.60. The van der Waals surface area contributed by atoms with E-state index in [0.717, 1.165) is 0 Å². The summed E-state index contributed by atoms with van der Waals surface area (Å²) in [5.74, 6) is -0.189. The van der Waals surface area contributed by atoms with Crippen molar-refractivity contribution >= 4 is 40.3 Å². The first-order valence-corrected chi connectivity index (χ1v) is 7.89. The molecule has 1 fully saturated rings. The molecule has 1 aliphatic rings. The number of aliphatic hydroxyl groups is 2. The number of halogens is 2. The fourth-order valence-electron chi connectivity index (χ4n) is 2.84. The molecule has 0 saturated heterocycles. The molecule has 0 spiro atoms. The molecule has 2 aromatic heterocycles. The highest BCUT2D eigenvalue weighted by Crippen LogP contribution is 2.34. The van der Waals surface area contributed by atoms with Crippen LogP contribution in [-0.4, -0.2) is 53.9 Å². The first kappa shape index (κ1) is 16.4. The van der Waals surface area contributed by atoms with Gasteiger partial charge in [-0.25, -0.2) is 9.97 Å².